The van der Waals surface area contributed by atoms with Gasteiger partial charge in [-0.25, -0.2) is 0 Å². The molecule has 0 bridgehead atoms. The summed E-state index contributed by atoms with van der Waals surface area (Å²) in [4.78, 5) is 0. The van der Waals surface area contributed by atoms with Crippen molar-refractivity contribution < 1.29 is 0 Å². The summed E-state index contributed by atoms with van der Waals surface area (Å²) < 4.78 is 5.42. The van der Waals surface area contributed by atoms with Gasteiger partial charge in [0.2, 0.25) is 0 Å². The predicted octanol–water partition coefficient (Wildman–Crippen LogP) is 19.1. The van der Waals surface area contributed by atoms with Crippen LogP contribution in [-0.4, -0.2) is 19.1 Å². The van der Waals surface area contributed by atoms with Crippen LogP contribution in [0.25, 0.3) is 146 Å². The number of aromatic nitrogens is 1. The largest absolute Gasteiger partial charge is 0.0617 e. The van der Waals surface area contributed by atoms with E-state index in [4.69, 9.17) is 0 Å². The van der Waals surface area contributed by atoms with E-state index in [0.29, 0.717) is 0 Å². The van der Waals surface area contributed by atoms with Gasteiger partial charge in [0.25, 0.3) is 0 Å². The van der Waals surface area contributed by atoms with Gasteiger partial charge in [-0.15, -0.1) is 0 Å². The van der Waals surface area contributed by atoms with Crippen molar-refractivity contribution >= 4 is 98.7 Å². The van der Waals surface area contributed by atoms with Crippen LogP contribution in [0.3, 0.4) is 0 Å². The molecule has 0 radical (unpaired) electrons. The summed E-state index contributed by atoms with van der Waals surface area (Å²) in [6, 6.07) is 97.2. The molecule has 0 unspecified atom stereocenters. The summed E-state index contributed by atoms with van der Waals surface area (Å²) in [7, 11) is 0. The monoisotopic (exact) mass is 977 g/mol. The van der Waals surface area contributed by atoms with Crippen LogP contribution < -0.4 is 0 Å². The molecule has 2 heteroatoms. The summed E-state index contributed by atoms with van der Waals surface area (Å²) in [6.07, 6.45) is 0. The summed E-state index contributed by atoms with van der Waals surface area (Å²) in [5.41, 5.74) is 16.2. The molecular weight excluding hydrogens is 934 g/mol. The molecule has 72 heavy (non-hydrogen) atoms. The second kappa shape index (κ2) is 16.4. The van der Waals surface area contributed by atoms with E-state index in [1.165, 1.54) is 146 Å². The third-order valence-electron chi connectivity index (χ3n) is 15.2. The number of nitrogens with zero attached hydrogens (tertiary/aromatic N) is 1. The first-order chi connectivity index (χ1) is 35.7. The minimum absolute atomic E-state index is 0.123. The Bertz CT molecular complexity index is 4450. The fourth-order valence-electron chi connectivity index (χ4n) is 12.1. The number of hydrogen-bond donors (Lipinski definition) is 0. The van der Waals surface area contributed by atoms with Gasteiger partial charge in [-0.1, -0.05) is 60.7 Å². The van der Waals surface area contributed by atoms with Crippen molar-refractivity contribution in [3.05, 3.63) is 261 Å². The summed E-state index contributed by atoms with van der Waals surface area (Å²) in [6.45, 7) is 0. The van der Waals surface area contributed by atoms with E-state index in [-0.39, 0.29) is 14.5 Å². The van der Waals surface area contributed by atoms with Crippen LogP contribution in [0, 0.1) is 0 Å². The molecular formula is C70H43NSe. The van der Waals surface area contributed by atoms with Crippen molar-refractivity contribution in [1.82, 2.24) is 4.57 Å². The Morgan fingerprint density at radius 1 is 0.236 bits per heavy atom. The van der Waals surface area contributed by atoms with E-state index in [9.17, 15) is 0 Å². The zero-order valence-electron chi connectivity index (χ0n) is 39.2. The Kier molecular flexibility index (Phi) is 9.35. The van der Waals surface area contributed by atoms with Gasteiger partial charge in [-0.3, -0.25) is 0 Å². The molecule has 0 aliphatic rings. The quantitative estimate of drug-likeness (QED) is 0.116. The Morgan fingerprint density at radius 3 is 1.15 bits per heavy atom. The smallest absolute Gasteiger partial charge is 0.0544 e. The van der Waals surface area contributed by atoms with Gasteiger partial charge in [0, 0.05) is 0 Å². The van der Waals surface area contributed by atoms with Gasteiger partial charge >= 0.3 is 354 Å². The first-order valence-electron chi connectivity index (χ1n) is 24.8. The third kappa shape index (κ3) is 6.27. The Hall–Kier alpha value is -8.78. The zero-order valence-corrected chi connectivity index (χ0v) is 40.9. The Balaban J connectivity index is 0.965. The van der Waals surface area contributed by atoms with E-state index in [1.807, 2.05) is 0 Å². The van der Waals surface area contributed by atoms with E-state index < -0.39 is 0 Å². The zero-order chi connectivity index (χ0) is 47.3. The van der Waals surface area contributed by atoms with Crippen molar-refractivity contribution in [2.75, 3.05) is 0 Å². The Morgan fingerprint density at radius 2 is 0.653 bits per heavy atom. The average molecular weight is 977 g/mol. The van der Waals surface area contributed by atoms with E-state index in [0.717, 1.165) is 0 Å². The normalized spacial score (nSPS) is 11.9. The number of rotatable bonds is 6. The molecule has 13 aromatic carbocycles. The topological polar surface area (TPSA) is 4.93 Å². The molecule has 0 fully saturated rings. The maximum absolute atomic E-state index is 2.55. The third-order valence-corrected chi connectivity index (χ3v) is 17.5. The van der Waals surface area contributed by atoms with Crippen molar-refractivity contribution in [1.29, 1.82) is 0 Å². The summed E-state index contributed by atoms with van der Waals surface area (Å²) >= 11 is 0.123. The first kappa shape index (κ1) is 41.0. The maximum atomic E-state index is 2.55. The van der Waals surface area contributed by atoms with Crippen LogP contribution in [0.5, 0.6) is 0 Å². The van der Waals surface area contributed by atoms with Crippen LogP contribution in [0.1, 0.15) is 0 Å². The van der Waals surface area contributed by atoms with Crippen molar-refractivity contribution in [2.45, 2.75) is 0 Å². The number of hydrogen-bond acceptors (Lipinski definition) is 0. The van der Waals surface area contributed by atoms with Gasteiger partial charge in [0.15, 0.2) is 0 Å². The number of fused-ring (bicyclic) bond motifs is 10. The van der Waals surface area contributed by atoms with Gasteiger partial charge < -0.3 is 0 Å². The molecule has 15 aromatic rings. The molecule has 334 valence electrons. The van der Waals surface area contributed by atoms with E-state index in [1.54, 1.807) is 0 Å². The van der Waals surface area contributed by atoms with Gasteiger partial charge in [-0.05, 0) is 11.1 Å². The van der Waals surface area contributed by atoms with Crippen LogP contribution >= 0.6 is 0 Å². The van der Waals surface area contributed by atoms with Crippen LogP contribution in [0.4, 0.5) is 0 Å². The fourth-order valence-corrected chi connectivity index (χ4v) is 14.5. The predicted molar refractivity (Wildman–Crippen MR) is 310 cm³/mol. The molecule has 0 saturated heterocycles. The molecule has 2 heterocycles. The summed E-state index contributed by atoms with van der Waals surface area (Å²) in [5.74, 6) is 0. The van der Waals surface area contributed by atoms with Gasteiger partial charge in [-0.2, -0.15) is 0 Å². The minimum atomic E-state index is 0.123. The molecule has 0 amide bonds. The summed E-state index contributed by atoms with van der Waals surface area (Å²) in [5, 5.41) is 15.3. The molecule has 0 aliphatic heterocycles. The van der Waals surface area contributed by atoms with E-state index >= 15 is 0 Å². The molecule has 0 N–H and O–H groups in total. The second-order valence-electron chi connectivity index (χ2n) is 19.0. The molecule has 2 aromatic heterocycles. The maximum Gasteiger partial charge on any atom is -0.0544 e. The first-order valence-corrected chi connectivity index (χ1v) is 26.5. The standard InChI is InChI=1S/C70H43NSe/c1-4-19-44(20-5-1)47-36-39-62-60(41-47)61-42-48(45-21-6-2-7-22-45)37-40-63(61)71(62)70-56-31-16-14-29-54(56)68(55-30-15-17-32-57(55)70)59-33-18-34-64-69(59)58-38-35-49(43-65(58)72-64)67-52-27-12-10-25-50(52)66(46-23-8-3-9-24-46)51-26-11-13-28-53(51)67/h1-43H. The number of benzene rings is 13. The fraction of sp³-hybridized carbons (Fsp3) is 0. The second-order valence-corrected chi connectivity index (χ2v) is 21.3. The van der Waals surface area contributed by atoms with Crippen LogP contribution in [0.2, 0.25) is 0 Å². The van der Waals surface area contributed by atoms with E-state index in [2.05, 4.69) is 265 Å². The van der Waals surface area contributed by atoms with Gasteiger partial charge in [0.05, 0.1) is 0 Å². The van der Waals surface area contributed by atoms with Crippen LogP contribution in [0.15, 0.2) is 261 Å². The van der Waals surface area contributed by atoms with Crippen molar-refractivity contribution in [3.8, 4) is 61.3 Å². The molecule has 0 saturated carbocycles. The molecule has 0 spiro atoms. The molecule has 0 aliphatic carbocycles. The van der Waals surface area contributed by atoms with Crippen molar-refractivity contribution in [3.63, 3.8) is 0 Å². The van der Waals surface area contributed by atoms with Crippen LogP contribution in [-0.2, 0) is 0 Å². The average Bonchev–Trinajstić information content (AvgIpc) is 3.99. The minimum Gasteiger partial charge on any atom is -0.0617 e. The Labute approximate surface area is 422 Å². The van der Waals surface area contributed by atoms with Crippen molar-refractivity contribution in [2.24, 2.45) is 0 Å². The van der Waals surface area contributed by atoms with Gasteiger partial charge in [0.1, 0.15) is 0 Å². The molecule has 1 nitrogen and oxygen atoms in total. The SMILES string of the molecule is c1ccc(-c2ccc3c(c2)c2cc(-c4ccccc4)ccc2n3-c2c3ccccc3c(-c3cccc4[se]c5cc(-c6c7ccccc7c(-c7ccccc7)c7ccccc67)ccc5c34)c3ccccc23)cc1. The molecule has 0 atom stereocenters. The molecule has 15 rings (SSSR count).